The number of aliphatic hydroxyl groups is 1. The summed E-state index contributed by atoms with van der Waals surface area (Å²) in [6.45, 7) is 0.528. The van der Waals surface area contributed by atoms with Gasteiger partial charge in [-0.15, -0.1) is 0 Å². The first-order valence-corrected chi connectivity index (χ1v) is 7.95. The first-order chi connectivity index (χ1) is 11.2. The molecular formula is C17H21FN2O3. The van der Waals surface area contributed by atoms with Crippen LogP contribution in [0.4, 0.5) is 9.18 Å². The number of amides is 2. The minimum absolute atomic E-state index is 0.0823. The number of urea groups is 1. The summed E-state index contributed by atoms with van der Waals surface area (Å²) in [6.07, 6.45) is 5.95. The lowest BCUT2D eigenvalue weighted by atomic mass is 10.0. The average molecular weight is 320 g/mol. The Kier molecular flexibility index (Phi) is 4.81. The fourth-order valence-electron chi connectivity index (χ4n) is 3.10. The second-order valence-electron chi connectivity index (χ2n) is 5.99. The van der Waals surface area contributed by atoms with Crippen LogP contribution in [0, 0.1) is 11.7 Å². The van der Waals surface area contributed by atoms with Gasteiger partial charge < -0.3 is 20.5 Å². The molecule has 124 valence electrons. The molecule has 0 bridgehead atoms. The number of carbonyl (C=O) groups is 1. The molecule has 0 spiro atoms. The van der Waals surface area contributed by atoms with Crippen LogP contribution in [0.5, 0.6) is 5.75 Å². The Morgan fingerprint density at radius 1 is 1.35 bits per heavy atom. The number of hydrogen-bond acceptors (Lipinski definition) is 3. The van der Waals surface area contributed by atoms with E-state index < -0.39 is 5.82 Å². The normalized spacial score (nSPS) is 26.1. The summed E-state index contributed by atoms with van der Waals surface area (Å²) in [5.41, 5.74) is 0.674. The molecule has 0 radical (unpaired) electrons. The first-order valence-electron chi connectivity index (χ1n) is 7.95. The van der Waals surface area contributed by atoms with Crippen LogP contribution in [-0.4, -0.2) is 30.4 Å². The van der Waals surface area contributed by atoms with Crippen LogP contribution in [0.15, 0.2) is 30.4 Å². The molecule has 0 saturated carbocycles. The molecule has 3 atom stereocenters. The van der Waals surface area contributed by atoms with Crippen molar-refractivity contribution in [2.45, 2.75) is 31.3 Å². The first kappa shape index (κ1) is 15.8. The number of para-hydroxylation sites is 1. The molecule has 1 heterocycles. The third-order valence-electron chi connectivity index (χ3n) is 4.28. The lowest BCUT2D eigenvalue weighted by molar-refractivity contribution is 0.228. The Balaban J connectivity index is 1.65. The Morgan fingerprint density at radius 2 is 2.22 bits per heavy atom. The van der Waals surface area contributed by atoms with E-state index in [2.05, 4.69) is 10.6 Å². The molecule has 2 aliphatic rings. The van der Waals surface area contributed by atoms with E-state index in [9.17, 15) is 9.18 Å². The molecule has 0 saturated heterocycles. The highest BCUT2D eigenvalue weighted by atomic mass is 19.1. The second kappa shape index (κ2) is 7.00. The summed E-state index contributed by atoms with van der Waals surface area (Å²) in [5.74, 6) is -0.0704. The van der Waals surface area contributed by atoms with Gasteiger partial charge in [-0.1, -0.05) is 24.3 Å². The average Bonchev–Trinajstić information content (AvgIpc) is 2.89. The number of ether oxygens (including phenoxy) is 1. The summed E-state index contributed by atoms with van der Waals surface area (Å²) < 4.78 is 19.4. The number of fused-ring (bicyclic) bond motifs is 1. The largest absolute Gasteiger partial charge is 0.490 e. The zero-order valence-corrected chi connectivity index (χ0v) is 12.8. The standard InChI is InChI=1S/C17H21FN2O3/c18-14-4-1-3-13-15(5-2-8-23-16(13)14)20-17(22)19-12-7-6-11(9-12)10-21/h1,3-4,6-7,11-12,15,21H,2,5,8-10H2,(H2,19,20,22)/t11-,12+,15?/m0/s1. The summed E-state index contributed by atoms with van der Waals surface area (Å²) in [6, 6.07) is 4.12. The van der Waals surface area contributed by atoms with Gasteiger partial charge in [0.1, 0.15) is 0 Å². The van der Waals surface area contributed by atoms with Gasteiger partial charge in [-0.05, 0) is 25.3 Å². The predicted octanol–water partition coefficient (Wildman–Crippen LogP) is 2.28. The SMILES string of the molecule is O=C(NC1CCCOc2c(F)cccc21)N[C@@H]1C=C[C@H](CO)C1. The van der Waals surface area contributed by atoms with Crippen LogP contribution >= 0.6 is 0 Å². The van der Waals surface area contributed by atoms with Crippen molar-refractivity contribution in [2.24, 2.45) is 5.92 Å². The van der Waals surface area contributed by atoms with Crippen molar-refractivity contribution in [3.8, 4) is 5.75 Å². The maximum Gasteiger partial charge on any atom is 0.315 e. The number of carbonyl (C=O) groups excluding carboxylic acids is 1. The fourth-order valence-corrected chi connectivity index (χ4v) is 3.10. The van der Waals surface area contributed by atoms with Gasteiger partial charge in [-0.3, -0.25) is 0 Å². The van der Waals surface area contributed by atoms with E-state index in [1.54, 1.807) is 12.1 Å². The van der Waals surface area contributed by atoms with Crippen molar-refractivity contribution < 1.29 is 19.0 Å². The summed E-state index contributed by atoms with van der Waals surface area (Å²) >= 11 is 0. The molecule has 3 N–H and O–H groups in total. The second-order valence-corrected chi connectivity index (χ2v) is 5.99. The number of halogens is 1. The van der Waals surface area contributed by atoms with Gasteiger partial charge in [0.05, 0.1) is 12.6 Å². The van der Waals surface area contributed by atoms with Crippen molar-refractivity contribution in [3.05, 3.63) is 41.7 Å². The van der Waals surface area contributed by atoms with Gasteiger partial charge in [0, 0.05) is 24.1 Å². The third kappa shape index (κ3) is 3.64. The van der Waals surface area contributed by atoms with Gasteiger partial charge in [0.2, 0.25) is 0 Å². The van der Waals surface area contributed by atoms with Crippen LogP contribution < -0.4 is 15.4 Å². The van der Waals surface area contributed by atoms with Gasteiger partial charge in [-0.2, -0.15) is 0 Å². The molecule has 1 aromatic carbocycles. The van der Waals surface area contributed by atoms with E-state index in [0.717, 1.165) is 6.42 Å². The molecular weight excluding hydrogens is 299 g/mol. The van der Waals surface area contributed by atoms with Crippen LogP contribution in [0.2, 0.25) is 0 Å². The highest BCUT2D eigenvalue weighted by Gasteiger charge is 2.25. The number of benzene rings is 1. The lowest BCUT2D eigenvalue weighted by Crippen LogP contribution is -2.42. The van der Waals surface area contributed by atoms with E-state index in [1.165, 1.54) is 6.07 Å². The molecule has 6 heteroatoms. The maximum absolute atomic E-state index is 13.9. The lowest BCUT2D eigenvalue weighted by Gasteiger charge is -2.20. The molecule has 0 aromatic heterocycles. The monoisotopic (exact) mass is 320 g/mol. The van der Waals surface area contributed by atoms with Crippen LogP contribution in [0.3, 0.4) is 0 Å². The minimum atomic E-state index is -0.402. The topological polar surface area (TPSA) is 70.6 Å². The Morgan fingerprint density at radius 3 is 3.00 bits per heavy atom. The molecule has 23 heavy (non-hydrogen) atoms. The molecule has 5 nitrogen and oxygen atoms in total. The number of rotatable bonds is 3. The van der Waals surface area contributed by atoms with Gasteiger partial charge in [-0.25, -0.2) is 9.18 Å². The van der Waals surface area contributed by atoms with Crippen LogP contribution in [0.1, 0.15) is 30.9 Å². The zero-order chi connectivity index (χ0) is 16.2. The molecule has 3 rings (SSSR count). The summed E-state index contributed by atoms with van der Waals surface area (Å²) in [4.78, 5) is 12.2. The van der Waals surface area contributed by atoms with Gasteiger partial charge in [0.15, 0.2) is 11.6 Å². The van der Waals surface area contributed by atoms with E-state index in [-0.39, 0.29) is 36.4 Å². The van der Waals surface area contributed by atoms with E-state index in [1.807, 2.05) is 12.2 Å². The molecule has 1 aliphatic heterocycles. The van der Waals surface area contributed by atoms with Gasteiger partial charge >= 0.3 is 6.03 Å². The quantitative estimate of drug-likeness (QED) is 0.748. The van der Waals surface area contributed by atoms with E-state index in [4.69, 9.17) is 9.84 Å². The van der Waals surface area contributed by atoms with E-state index >= 15 is 0 Å². The number of nitrogens with one attached hydrogen (secondary N) is 2. The van der Waals surface area contributed by atoms with Crippen molar-refractivity contribution in [1.29, 1.82) is 0 Å². The third-order valence-corrected chi connectivity index (χ3v) is 4.28. The van der Waals surface area contributed by atoms with Crippen molar-refractivity contribution in [3.63, 3.8) is 0 Å². The highest BCUT2D eigenvalue weighted by molar-refractivity contribution is 5.75. The summed E-state index contributed by atoms with van der Waals surface area (Å²) in [5, 5.41) is 14.9. The Hall–Kier alpha value is -2.08. The molecule has 1 aromatic rings. The van der Waals surface area contributed by atoms with Crippen molar-refractivity contribution in [2.75, 3.05) is 13.2 Å². The van der Waals surface area contributed by atoms with Crippen molar-refractivity contribution >= 4 is 6.03 Å². The van der Waals surface area contributed by atoms with Crippen LogP contribution in [-0.2, 0) is 0 Å². The smallest absolute Gasteiger partial charge is 0.315 e. The Bertz CT molecular complexity index is 606. The molecule has 1 unspecified atom stereocenters. The molecule has 0 fully saturated rings. The summed E-state index contributed by atoms with van der Waals surface area (Å²) in [7, 11) is 0. The number of aliphatic hydroxyl groups excluding tert-OH is 1. The predicted molar refractivity (Wildman–Crippen MR) is 83.7 cm³/mol. The maximum atomic E-state index is 13.9. The molecule has 2 amide bonds. The highest BCUT2D eigenvalue weighted by Crippen LogP contribution is 2.33. The van der Waals surface area contributed by atoms with Gasteiger partial charge in [0.25, 0.3) is 0 Å². The number of hydrogen-bond donors (Lipinski definition) is 3. The molecule has 1 aliphatic carbocycles. The van der Waals surface area contributed by atoms with Crippen molar-refractivity contribution in [1.82, 2.24) is 10.6 Å². The Labute approximate surface area is 134 Å². The van der Waals surface area contributed by atoms with E-state index in [0.29, 0.717) is 25.0 Å². The fraction of sp³-hybridized carbons (Fsp3) is 0.471. The van der Waals surface area contributed by atoms with Crippen LogP contribution in [0.25, 0.3) is 0 Å². The zero-order valence-electron chi connectivity index (χ0n) is 12.8. The minimum Gasteiger partial charge on any atom is -0.490 e.